The fraction of sp³-hybridized carbons (Fsp3) is 0.0476. The minimum Gasteiger partial charge on any atom is -0.507 e. The molecule has 3 rings (SSSR count). The van der Waals surface area contributed by atoms with Gasteiger partial charge >= 0.3 is 5.97 Å². The molecule has 0 aliphatic carbocycles. The fourth-order valence-electron chi connectivity index (χ4n) is 2.84. The first kappa shape index (κ1) is 16.5. The Morgan fingerprint density at radius 3 is 2.24 bits per heavy atom. The van der Waals surface area contributed by atoms with Gasteiger partial charge in [0.15, 0.2) is 5.78 Å². The van der Waals surface area contributed by atoms with Gasteiger partial charge in [0, 0.05) is 11.1 Å². The van der Waals surface area contributed by atoms with Crippen molar-refractivity contribution in [3.05, 3.63) is 89.0 Å². The molecule has 0 atom stereocenters. The molecule has 3 aromatic carbocycles. The molecule has 3 aromatic rings. The summed E-state index contributed by atoms with van der Waals surface area (Å²) < 4.78 is 0. The Morgan fingerprint density at radius 2 is 1.52 bits per heavy atom. The van der Waals surface area contributed by atoms with E-state index >= 15 is 0 Å². The Morgan fingerprint density at radius 1 is 0.840 bits per heavy atom. The lowest BCUT2D eigenvalue weighted by Crippen LogP contribution is -2.11. The zero-order valence-electron chi connectivity index (χ0n) is 13.6. The standard InChI is InChI=1S/C21H16O4/c1-13-6-4-7-14(12-13)15-8-2-3-9-16(15)20(23)17-10-5-11-18(22)19(17)21(24)25/h2-12,22H,1H3,(H,24,25). The van der Waals surface area contributed by atoms with Crippen molar-refractivity contribution in [3.8, 4) is 16.9 Å². The number of hydrogen-bond acceptors (Lipinski definition) is 3. The number of aromatic carboxylic acids is 1. The molecule has 0 unspecified atom stereocenters. The van der Waals surface area contributed by atoms with E-state index in [-0.39, 0.29) is 11.1 Å². The van der Waals surface area contributed by atoms with E-state index in [0.29, 0.717) is 5.56 Å². The van der Waals surface area contributed by atoms with E-state index < -0.39 is 17.5 Å². The Bertz CT molecular complexity index is 973. The summed E-state index contributed by atoms with van der Waals surface area (Å²) in [5, 5.41) is 19.2. The molecule has 124 valence electrons. The predicted octanol–water partition coefficient (Wildman–Crippen LogP) is 4.30. The number of carbonyl (C=O) groups excluding carboxylic acids is 1. The molecular formula is C21H16O4. The van der Waals surface area contributed by atoms with E-state index in [0.717, 1.165) is 16.7 Å². The largest absolute Gasteiger partial charge is 0.507 e. The van der Waals surface area contributed by atoms with Gasteiger partial charge in [0.25, 0.3) is 0 Å². The van der Waals surface area contributed by atoms with Crippen LogP contribution >= 0.6 is 0 Å². The Kier molecular flexibility index (Phi) is 4.35. The summed E-state index contributed by atoms with van der Waals surface area (Å²) in [7, 11) is 0. The Balaban J connectivity index is 2.18. The molecule has 25 heavy (non-hydrogen) atoms. The monoisotopic (exact) mass is 332 g/mol. The topological polar surface area (TPSA) is 74.6 Å². The van der Waals surface area contributed by atoms with Crippen LogP contribution in [0.15, 0.2) is 66.7 Å². The first-order valence-corrected chi connectivity index (χ1v) is 7.75. The normalized spacial score (nSPS) is 10.4. The van der Waals surface area contributed by atoms with Crippen LogP contribution in [0.25, 0.3) is 11.1 Å². The predicted molar refractivity (Wildman–Crippen MR) is 95.1 cm³/mol. The first-order chi connectivity index (χ1) is 12.0. The van der Waals surface area contributed by atoms with E-state index in [1.807, 2.05) is 43.3 Å². The summed E-state index contributed by atoms with van der Waals surface area (Å²) in [5.74, 6) is -2.20. The zero-order valence-corrected chi connectivity index (χ0v) is 13.6. The van der Waals surface area contributed by atoms with Crippen LogP contribution in [0.2, 0.25) is 0 Å². The summed E-state index contributed by atoms with van der Waals surface area (Å²) in [6.07, 6.45) is 0. The summed E-state index contributed by atoms with van der Waals surface area (Å²) in [5.41, 5.74) is 2.63. The van der Waals surface area contributed by atoms with Gasteiger partial charge < -0.3 is 10.2 Å². The summed E-state index contributed by atoms with van der Waals surface area (Å²) in [4.78, 5) is 24.5. The Labute approximate surface area is 145 Å². The van der Waals surface area contributed by atoms with Gasteiger partial charge in [0.1, 0.15) is 11.3 Å². The summed E-state index contributed by atoms with van der Waals surface area (Å²) in [6.45, 7) is 1.96. The van der Waals surface area contributed by atoms with Crippen molar-refractivity contribution in [3.63, 3.8) is 0 Å². The van der Waals surface area contributed by atoms with Crippen LogP contribution < -0.4 is 0 Å². The van der Waals surface area contributed by atoms with Crippen molar-refractivity contribution in [1.82, 2.24) is 0 Å². The second-order valence-corrected chi connectivity index (χ2v) is 5.75. The molecule has 2 N–H and O–H groups in total. The Hall–Kier alpha value is -3.40. The highest BCUT2D eigenvalue weighted by atomic mass is 16.4. The smallest absolute Gasteiger partial charge is 0.340 e. The van der Waals surface area contributed by atoms with Gasteiger partial charge in [-0.05, 0) is 30.2 Å². The average Bonchev–Trinajstić information content (AvgIpc) is 2.60. The zero-order chi connectivity index (χ0) is 18.0. The number of aryl methyl sites for hydroxylation is 1. The van der Waals surface area contributed by atoms with Gasteiger partial charge in [0.2, 0.25) is 0 Å². The van der Waals surface area contributed by atoms with Crippen molar-refractivity contribution >= 4 is 11.8 Å². The van der Waals surface area contributed by atoms with Gasteiger partial charge in [0.05, 0.1) is 0 Å². The average molecular weight is 332 g/mol. The molecule has 0 heterocycles. The summed E-state index contributed by atoms with van der Waals surface area (Å²) in [6, 6.07) is 18.9. The number of carboxylic acids is 1. The molecule has 0 aliphatic rings. The van der Waals surface area contributed by atoms with Gasteiger partial charge in [-0.1, -0.05) is 60.2 Å². The van der Waals surface area contributed by atoms with Crippen molar-refractivity contribution < 1.29 is 19.8 Å². The molecule has 0 spiro atoms. The molecule has 0 aromatic heterocycles. The van der Waals surface area contributed by atoms with Crippen LogP contribution in [0.5, 0.6) is 5.75 Å². The lowest BCUT2D eigenvalue weighted by atomic mass is 9.91. The van der Waals surface area contributed by atoms with Gasteiger partial charge in [-0.3, -0.25) is 4.79 Å². The number of phenols is 1. The summed E-state index contributed by atoms with van der Waals surface area (Å²) >= 11 is 0. The van der Waals surface area contributed by atoms with Crippen LogP contribution in [0.4, 0.5) is 0 Å². The van der Waals surface area contributed by atoms with Crippen LogP contribution in [0.1, 0.15) is 31.8 Å². The molecule has 0 saturated carbocycles. The van der Waals surface area contributed by atoms with Gasteiger partial charge in [-0.2, -0.15) is 0 Å². The number of carbonyl (C=O) groups is 2. The van der Waals surface area contributed by atoms with E-state index in [1.54, 1.807) is 12.1 Å². The third-order valence-corrected chi connectivity index (χ3v) is 4.00. The molecule has 0 bridgehead atoms. The molecule has 0 fully saturated rings. The lowest BCUT2D eigenvalue weighted by molar-refractivity contribution is 0.0689. The van der Waals surface area contributed by atoms with Crippen LogP contribution in [0, 0.1) is 6.92 Å². The fourth-order valence-corrected chi connectivity index (χ4v) is 2.84. The molecular weight excluding hydrogens is 316 g/mol. The SMILES string of the molecule is Cc1cccc(-c2ccccc2C(=O)c2cccc(O)c2C(=O)O)c1. The van der Waals surface area contributed by atoms with Crippen LogP contribution in [-0.2, 0) is 0 Å². The number of rotatable bonds is 4. The number of ketones is 1. The maximum Gasteiger partial charge on any atom is 0.340 e. The van der Waals surface area contributed by atoms with Gasteiger partial charge in [-0.15, -0.1) is 0 Å². The third-order valence-electron chi connectivity index (χ3n) is 4.00. The minimum absolute atomic E-state index is 0.0346. The van der Waals surface area contributed by atoms with Crippen molar-refractivity contribution in [2.45, 2.75) is 6.92 Å². The first-order valence-electron chi connectivity index (χ1n) is 7.75. The number of benzene rings is 3. The molecule has 4 nitrogen and oxygen atoms in total. The van der Waals surface area contributed by atoms with E-state index in [9.17, 15) is 19.8 Å². The number of carboxylic acid groups (broad SMARTS) is 1. The third kappa shape index (κ3) is 3.15. The number of aromatic hydroxyl groups is 1. The minimum atomic E-state index is -1.34. The second-order valence-electron chi connectivity index (χ2n) is 5.75. The van der Waals surface area contributed by atoms with E-state index in [4.69, 9.17) is 0 Å². The lowest BCUT2D eigenvalue weighted by Gasteiger charge is -2.12. The molecule has 0 amide bonds. The molecule has 4 heteroatoms. The van der Waals surface area contributed by atoms with Crippen molar-refractivity contribution in [2.75, 3.05) is 0 Å². The number of hydrogen-bond donors (Lipinski definition) is 2. The maximum atomic E-state index is 13.0. The van der Waals surface area contributed by atoms with E-state index in [1.165, 1.54) is 18.2 Å². The quantitative estimate of drug-likeness (QED) is 0.699. The highest BCUT2D eigenvalue weighted by molar-refractivity contribution is 6.17. The molecule has 0 aliphatic heterocycles. The van der Waals surface area contributed by atoms with Gasteiger partial charge in [-0.25, -0.2) is 4.79 Å². The second kappa shape index (κ2) is 6.61. The highest BCUT2D eigenvalue weighted by Crippen LogP contribution is 2.29. The highest BCUT2D eigenvalue weighted by Gasteiger charge is 2.23. The van der Waals surface area contributed by atoms with Crippen molar-refractivity contribution in [2.24, 2.45) is 0 Å². The maximum absolute atomic E-state index is 13.0. The van der Waals surface area contributed by atoms with Crippen LogP contribution in [-0.4, -0.2) is 22.0 Å². The van der Waals surface area contributed by atoms with Crippen LogP contribution in [0.3, 0.4) is 0 Å². The molecule has 0 saturated heterocycles. The molecule has 0 radical (unpaired) electrons. The van der Waals surface area contributed by atoms with E-state index in [2.05, 4.69) is 0 Å². The van der Waals surface area contributed by atoms with Crippen molar-refractivity contribution in [1.29, 1.82) is 0 Å².